The monoisotopic (exact) mass is 461 g/mol. The van der Waals surface area contributed by atoms with Gasteiger partial charge < -0.3 is 9.80 Å². The fourth-order valence-corrected chi connectivity index (χ4v) is 4.51. The van der Waals surface area contributed by atoms with Crippen LogP contribution in [0.15, 0.2) is 42.5 Å². The molecule has 0 atom stereocenters. The van der Waals surface area contributed by atoms with E-state index >= 15 is 0 Å². The number of pyridine rings is 1. The number of nitrogens with zero attached hydrogens (tertiary/aromatic N) is 5. The number of carbonyl (C=O) groups is 1. The molecule has 180 valence electrons. The fourth-order valence-electron chi connectivity index (χ4n) is 4.51. The predicted octanol–water partition coefficient (Wildman–Crippen LogP) is 4.80. The molecular weight excluding hydrogens is 426 g/mol. The molecule has 1 aromatic heterocycles. The molecule has 8 nitrogen and oxygen atoms in total. The van der Waals surface area contributed by atoms with Gasteiger partial charge in [-0.2, -0.15) is 0 Å². The van der Waals surface area contributed by atoms with Crippen LogP contribution in [0, 0.1) is 16.2 Å². The largest absolute Gasteiger partial charge is 0.371 e. The van der Waals surface area contributed by atoms with E-state index < -0.39 is 0 Å². The number of anilines is 3. The highest BCUT2D eigenvalue weighted by Gasteiger charge is 2.32. The lowest BCUT2D eigenvalue weighted by molar-refractivity contribution is 0.255. The summed E-state index contributed by atoms with van der Waals surface area (Å²) < 4.78 is 0. The summed E-state index contributed by atoms with van der Waals surface area (Å²) in [6.45, 7) is 11.7. The number of aromatic nitrogens is 1. The molecule has 4 rings (SSSR count). The van der Waals surface area contributed by atoms with E-state index in [4.69, 9.17) is 10.8 Å². The normalized spacial score (nSPS) is 17.9. The van der Waals surface area contributed by atoms with Gasteiger partial charge in [-0.05, 0) is 68.5 Å². The Morgan fingerprint density at radius 2 is 1.62 bits per heavy atom. The highest BCUT2D eigenvalue weighted by molar-refractivity contribution is 6.06. The van der Waals surface area contributed by atoms with Crippen LogP contribution in [0.5, 0.6) is 0 Å². The van der Waals surface area contributed by atoms with Gasteiger partial charge in [0, 0.05) is 43.6 Å². The summed E-state index contributed by atoms with van der Waals surface area (Å²) in [5, 5.41) is 16.0. The summed E-state index contributed by atoms with van der Waals surface area (Å²) in [7, 11) is 0. The van der Waals surface area contributed by atoms with Gasteiger partial charge in [0.2, 0.25) is 0 Å². The van der Waals surface area contributed by atoms with Crippen LogP contribution < -0.4 is 14.7 Å². The van der Waals surface area contributed by atoms with E-state index in [9.17, 15) is 4.79 Å². The van der Waals surface area contributed by atoms with Gasteiger partial charge in [0.1, 0.15) is 11.5 Å². The third-order valence-electron chi connectivity index (χ3n) is 6.86. The smallest absolute Gasteiger partial charge is 0.330 e. The lowest BCUT2D eigenvalue weighted by atomic mass is 9.82. The van der Waals surface area contributed by atoms with Crippen molar-refractivity contribution < 1.29 is 4.79 Å². The second kappa shape index (κ2) is 9.44. The number of rotatable bonds is 6. The molecule has 1 aromatic carbocycles. The summed E-state index contributed by atoms with van der Waals surface area (Å²) in [6, 6.07) is 13.5. The van der Waals surface area contributed by atoms with Crippen LogP contribution in [0.1, 0.15) is 46.2 Å². The third kappa shape index (κ3) is 4.76. The molecule has 3 heterocycles. The van der Waals surface area contributed by atoms with Crippen molar-refractivity contribution >= 4 is 35.4 Å². The Morgan fingerprint density at radius 3 is 2.24 bits per heavy atom. The average Bonchev–Trinajstić information content (AvgIpc) is 3.20. The molecule has 2 N–H and O–H groups in total. The number of urea groups is 1. The zero-order valence-electron chi connectivity index (χ0n) is 20.6. The first kappa shape index (κ1) is 23.7. The molecule has 2 fully saturated rings. The summed E-state index contributed by atoms with van der Waals surface area (Å²) in [5.41, 5.74) is 2.94. The van der Waals surface area contributed by atoms with Crippen LogP contribution in [0.2, 0.25) is 0 Å². The van der Waals surface area contributed by atoms with Crippen LogP contribution >= 0.6 is 0 Å². The van der Waals surface area contributed by atoms with Crippen molar-refractivity contribution in [2.24, 2.45) is 5.41 Å². The molecule has 2 aliphatic rings. The van der Waals surface area contributed by atoms with Crippen LogP contribution in [-0.4, -0.2) is 60.3 Å². The van der Waals surface area contributed by atoms with Gasteiger partial charge in [0.15, 0.2) is 5.84 Å². The summed E-state index contributed by atoms with van der Waals surface area (Å²) in [4.78, 5) is 25.2. The van der Waals surface area contributed by atoms with Gasteiger partial charge >= 0.3 is 6.03 Å². The van der Waals surface area contributed by atoms with Gasteiger partial charge in [-0.1, -0.05) is 19.9 Å². The number of benzene rings is 1. The zero-order valence-corrected chi connectivity index (χ0v) is 20.6. The summed E-state index contributed by atoms with van der Waals surface area (Å²) in [5.74, 6) is 0.669. The van der Waals surface area contributed by atoms with Gasteiger partial charge in [-0.25, -0.2) is 9.78 Å². The van der Waals surface area contributed by atoms with Crippen molar-refractivity contribution in [3.63, 3.8) is 0 Å². The van der Waals surface area contributed by atoms with Crippen LogP contribution in [0.25, 0.3) is 0 Å². The van der Waals surface area contributed by atoms with Gasteiger partial charge in [0.25, 0.3) is 0 Å². The molecule has 2 amide bonds. The second-order valence-electron chi connectivity index (χ2n) is 10.1. The molecule has 34 heavy (non-hydrogen) atoms. The number of amides is 2. The van der Waals surface area contributed by atoms with Crippen LogP contribution in [0.3, 0.4) is 0 Å². The van der Waals surface area contributed by atoms with Crippen LogP contribution in [0.4, 0.5) is 22.0 Å². The van der Waals surface area contributed by atoms with Crippen molar-refractivity contribution in [3.05, 3.63) is 48.2 Å². The molecule has 2 saturated heterocycles. The van der Waals surface area contributed by atoms with E-state index in [1.807, 2.05) is 26.0 Å². The maximum absolute atomic E-state index is 13.2. The minimum Gasteiger partial charge on any atom is -0.371 e. The minimum atomic E-state index is -0.114. The van der Waals surface area contributed by atoms with E-state index in [0.717, 1.165) is 25.1 Å². The van der Waals surface area contributed by atoms with Crippen LogP contribution in [-0.2, 0) is 0 Å². The molecular formula is C26H35N7O. The molecule has 2 aliphatic heterocycles. The Bertz CT molecular complexity index is 1050. The second-order valence-corrected chi connectivity index (χ2v) is 10.1. The van der Waals surface area contributed by atoms with Gasteiger partial charge in [-0.3, -0.25) is 20.6 Å². The van der Waals surface area contributed by atoms with E-state index in [-0.39, 0.29) is 17.9 Å². The maximum Gasteiger partial charge on any atom is 0.330 e. The molecule has 2 aromatic rings. The first-order valence-corrected chi connectivity index (χ1v) is 12.0. The third-order valence-corrected chi connectivity index (χ3v) is 6.86. The van der Waals surface area contributed by atoms with Crippen molar-refractivity contribution in [2.75, 3.05) is 40.9 Å². The average molecular weight is 462 g/mol. The van der Waals surface area contributed by atoms with Crippen molar-refractivity contribution in [2.45, 2.75) is 46.6 Å². The highest BCUT2D eigenvalue weighted by atomic mass is 16.2. The standard InChI is InChI=1S/C26H35N7O/c1-19(2)33(18-27)24(28)22-6-5-7-23(29-22)32-17-16-31(25(32)34)21-10-8-20(9-11-21)30-14-12-26(3,4)13-15-30/h5-11,18-19,27-28H,12-17H2,1-4H3. The van der Waals surface area contributed by atoms with E-state index in [1.165, 1.54) is 23.4 Å². The van der Waals surface area contributed by atoms with E-state index in [1.54, 1.807) is 28.0 Å². The number of nitrogens with one attached hydrogen (secondary N) is 2. The topological polar surface area (TPSA) is 90.6 Å². The number of hydrogen-bond donors (Lipinski definition) is 2. The Hall–Kier alpha value is -3.42. The van der Waals surface area contributed by atoms with Gasteiger partial charge in [-0.15, -0.1) is 0 Å². The SMILES string of the molecule is CC(C)N(C=N)C(=N)c1cccc(N2CCN(c3ccc(N4CCC(C)(C)CC4)cc3)C2=O)n1. The Morgan fingerprint density at radius 1 is 1.00 bits per heavy atom. The lowest BCUT2D eigenvalue weighted by Crippen LogP contribution is -2.37. The summed E-state index contributed by atoms with van der Waals surface area (Å²) in [6.07, 6.45) is 3.51. The molecule has 0 unspecified atom stereocenters. The van der Waals surface area contributed by atoms with E-state index in [0.29, 0.717) is 30.0 Å². The van der Waals surface area contributed by atoms with Gasteiger partial charge in [0.05, 0.1) is 6.34 Å². The quantitative estimate of drug-likeness (QED) is 0.478. The number of carbonyl (C=O) groups excluding carboxylic acids is 1. The molecule has 0 bridgehead atoms. The van der Waals surface area contributed by atoms with E-state index in [2.05, 4.69) is 35.9 Å². The first-order chi connectivity index (χ1) is 16.2. The number of hydrogen-bond acceptors (Lipinski definition) is 5. The molecule has 0 aliphatic carbocycles. The van der Waals surface area contributed by atoms with Crippen molar-refractivity contribution in [1.82, 2.24) is 9.88 Å². The molecule has 0 radical (unpaired) electrons. The molecule has 0 spiro atoms. The zero-order chi connectivity index (χ0) is 24.5. The maximum atomic E-state index is 13.2. The van der Waals surface area contributed by atoms with Crippen molar-refractivity contribution in [1.29, 1.82) is 10.8 Å². The Balaban J connectivity index is 1.46. The first-order valence-electron chi connectivity index (χ1n) is 12.0. The minimum absolute atomic E-state index is 0.0289. The summed E-state index contributed by atoms with van der Waals surface area (Å²) >= 11 is 0. The fraction of sp³-hybridized carbons (Fsp3) is 0.462. The van der Waals surface area contributed by atoms with Crippen molar-refractivity contribution in [3.8, 4) is 0 Å². The molecule has 8 heteroatoms. The number of amidine groups is 1. The lowest BCUT2D eigenvalue weighted by Gasteiger charge is -2.38. The highest BCUT2D eigenvalue weighted by Crippen LogP contribution is 2.33. The number of piperidine rings is 1. The Labute approximate surface area is 202 Å². The predicted molar refractivity (Wildman–Crippen MR) is 139 cm³/mol. The Kier molecular flexibility index (Phi) is 6.59. The molecule has 0 saturated carbocycles.